The number of carboxylic acids is 1. The molecule has 0 bridgehead atoms. The fraction of sp³-hybridized carbons (Fsp3) is 0.182. The van der Waals surface area contributed by atoms with Crippen LogP contribution in [0.5, 0.6) is 5.75 Å². The summed E-state index contributed by atoms with van der Waals surface area (Å²) in [6.45, 7) is 0. The van der Waals surface area contributed by atoms with Crippen molar-refractivity contribution in [1.82, 2.24) is 15.2 Å². The number of carbonyl (C=O) groups excluding carboxylic acids is 1. The van der Waals surface area contributed by atoms with Crippen LogP contribution in [0.3, 0.4) is 0 Å². The van der Waals surface area contributed by atoms with Gasteiger partial charge in [-0.15, -0.1) is 10.2 Å². The second kappa shape index (κ2) is 6.99. The molecule has 0 unspecified atom stereocenters. The molecule has 0 aliphatic rings. The molecule has 0 saturated heterocycles. The number of hydrogen-bond acceptors (Lipinski definition) is 8. The number of rotatable bonds is 6. The molecule has 2 N–H and O–H groups in total. The zero-order valence-corrected chi connectivity index (χ0v) is 12.4. The van der Waals surface area contributed by atoms with Crippen molar-refractivity contribution in [3.63, 3.8) is 0 Å². The molecule has 0 fully saturated rings. The molecule has 0 atom stereocenters. The third-order valence-electron chi connectivity index (χ3n) is 2.20. The van der Waals surface area contributed by atoms with E-state index in [9.17, 15) is 9.59 Å². The predicted octanol–water partition coefficient (Wildman–Crippen LogP) is 1.37. The number of aromatic nitrogens is 3. The first-order chi connectivity index (χ1) is 10.1. The largest absolute Gasteiger partial charge is 0.494 e. The van der Waals surface area contributed by atoms with Crippen LogP contribution >= 0.6 is 23.1 Å². The number of anilines is 1. The number of ether oxygens (including phenoxy) is 1. The van der Waals surface area contributed by atoms with E-state index in [1.165, 1.54) is 25.6 Å². The van der Waals surface area contributed by atoms with Gasteiger partial charge in [0.15, 0.2) is 4.34 Å². The first-order valence-electron chi connectivity index (χ1n) is 5.57. The van der Waals surface area contributed by atoms with Crippen LogP contribution in [0, 0.1) is 0 Å². The van der Waals surface area contributed by atoms with Crippen molar-refractivity contribution in [3.05, 3.63) is 24.0 Å². The zero-order chi connectivity index (χ0) is 15.2. The normalized spacial score (nSPS) is 10.1. The maximum absolute atomic E-state index is 12.1. The molecule has 0 aliphatic carbocycles. The molecule has 110 valence electrons. The second-order valence-electron chi connectivity index (χ2n) is 3.59. The molecule has 0 radical (unpaired) electrons. The molecule has 1 amide bonds. The summed E-state index contributed by atoms with van der Waals surface area (Å²) >= 11 is 2.14. The summed E-state index contributed by atoms with van der Waals surface area (Å²) in [4.78, 5) is 26.4. The Balaban J connectivity index is 2.04. The molecule has 0 aliphatic heterocycles. The summed E-state index contributed by atoms with van der Waals surface area (Å²) in [5, 5.41) is 19.0. The monoisotopic (exact) mass is 326 g/mol. The molecule has 2 aromatic rings. The maximum Gasteiger partial charge on any atom is 0.313 e. The summed E-state index contributed by atoms with van der Waals surface area (Å²) in [6, 6.07) is 1.52. The number of aliphatic carboxylic acids is 1. The third-order valence-corrected chi connectivity index (χ3v) is 4.15. The molecular weight excluding hydrogens is 316 g/mol. The smallest absolute Gasteiger partial charge is 0.313 e. The van der Waals surface area contributed by atoms with Gasteiger partial charge >= 0.3 is 5.97 Å². The molecule has 0 aromatic carbocycles. The van der Waals surface area contributed by atoms with E-state index in [0.717, 1.165) is 23.1 Å². The van der Waals surface area contributed by atoms with E-state index in [0.29, 0.717) is 15.7 Å². The number of nitrogens with one attached hydrogen (secondary N) is 1. The molecule has 8 nitrogen and oxygen atoms in total. The standard InChI is InChI=1S/C11H10N4O4S2/c1-19-7-4-12-3-2-6(7)9(18)13-10-14-15-11(21-10)20-5-8(16)17/h2-4H,5H2,1H3,(H,16,17)(H,13,14,18). The van der Waals surface area contributed by atoms with Gasteiger partial charge in [-0.1, -0.05) is 23.1 Å². The molecule has 0 saturated carbocycles. The average molecular weight is 326 g/mol. The molecule has 0 spiro atoms. The summed E-state index contributed by atoms with van der Waals surface area (Å²) in [5.74, 6) is -1.11. The van der Waals surface area contributed by atoms with Gasteiger partial charge in [-0.2, -0.15) is 0 Å². The number of carbonyl (C=O) groups is 2. The number of nitrogens with zero attached hydrogens (tertiary/aromatic N) is 3. The lowest BCUT2D eigenvalue weighted by atomic mass is 10.2. The van der Waals surface area contributed by atoms with Crippen molar-refractivity contribution < 1.29 is 19.4 Å². The SMILES string of the molecule is COc1cnccc1C(=O)Nc1nnc(SCC(=O)O)s1. The van der Waals surface area contributed by atoms with Gasteiger partial charge in [0.2, 0.25) is 5.13 Å². The number of carboxylic acid groups (broad SMARTS) is 1. The minimum Gasteiger partial charge on any atom is -0.494 e. The van der Waals surface area contributed by atoms with Gasteiger partial charge in [0.25, 0.3) is 5.91 Å². The Morgan fingerprint density at radius 1 is 1.48 bits per heavy atom. The predicted molar refractivity (Wildman–Crippen MR) is 77.0 cm³/mol. The van der Waals surface area contributed by atoms with Gasteiger partial charge in [0, 0.05) is 6.20 Å². The van der Waals surface area contributed by atoms with Crippen LogP contribution in [0.4, 0.5) is 5.13 Å². The highest BCUT2D eigenvalue weighted by Crippen LogP contribution is 2.26. The van der Waals surface area contributed by atoms with Gasteiger partial charge < -0.3 is 9.84 Å². The molecule has 2 heterocycles. The van der Waals surface area contributed by atoms with Gasteiger partial charge in [-0.05, 0) is 6.07 Å². The van der Waals surface area contributed by atoms with Crippen LogP contribution in [0.2, 0.25) is 0 Å². The minimum absolute atomic E-state index is 0.110. The number of hydrogen-bond donors (Lipinski definition) is 2. The van der Waals surface area contributed by atoms with Crippen molar-refractivity contribution in [3.8, 4) is 5.75 Å². The average Bonchev–Trinajstić information content (AvgIpc) is 2.92. The van der Waals surface area contributed by atoms with Crippen molar-refractivity contribution >= 4 is 40.1 Å². The van der Waals surface area contributed by atoms with Crippen LogP contribution in [0.1, 0.15) is 10.4 Å². The summed E-state index contributed by atoms with van der Waals surface area (Å²) in [7, 11) is 1.44. The van der Waals surface area contributed by atoms with Crippen molar-refractivity contribution in [2.75, 3.05) is 18.2 Å². The summed E-state index contributed by atoms with van der Waals surface area (Å²) in [6.07, 6.45) is 2.91. The topological polar surface area (TPSA) is 114 Å². The maximum atomic E-state index is 12.1. The van der Waals surface area contributed by atoms with Crippen LogP contribution < -0.4 is 10.1 Å². The van der Waals surface area contributed by atoms with Gasteiger partial charge in [0.05, 0.1) is 24.6 Å². The van der Waals surface area contributed by atoms with Crippen molar-refractivity contribution in [2.24, 2.45) is 0 Å². The fourth-order valence-corrected chi connectivity index (χ4v) is 2.80. The number of thioether (sulfide) groups is 1. The van der Waals surface area contributed by atoms with Crippen LogP contribution in [-0.2, 0) is 4.79 Å². The third kappa shape index (κ3) is 4.13. The molecule has 2 rings (SSSR count). The van der Waals surface area contributed by atoms with E-state index < -0.39 is 11.9 Å². The minimum atomic E-state index is -0.942. The first kappa shape index (κ1) is 15.2. The number of pyridine rings is 1. The highest BCUT2D eigenvalue weighted by Gasteiger charge is 2.15. The van der Waals surface area contributed by atoms with Crippen molar-refractivity contribution in [2.45, 2.75) is 4.34 Å². The highest BCUT2D eigenvalue weighted by molar-refractivity contribution is 8.01. The lowest BCUT2D eigenvalue weighted by Crippen LogP contribution is -2.13. The fourth-order valence-electron chi connectivity index (χ4n) is 1.34. The Labute approximate surface area is 127 Å². The van der Waals surface area contributed by atoms with E-state index in [-0.39, 0.29) is 10.9 Å². The Hall–Kier alpha value is -2.20. The van der Waals surface area contributed by atoms with Gasteiger partial charge in [-0.3, -0.25) is 19.9 Å². The molecule has 2 aromatic heterocycles. The van der Waals surface area contributed by atoms with E-state index in [2.05, 4.69) is 20.5 Å². The van der Waals surface area contributed by atoms with Gasteiger partial charge in [0.1, 0.15) is 5.75 Å². The Morgan fingerprint density at radius 2 is 2.29 bits per heavy atom. The number of methoxy groups -OCH3 is 1. The summed E-state index contributed by atoms with van der Waals surface area (Å²) in [5.41, 5.74) is 0.322. The van der Waals surface area contributed by atoms with Crippen LogP contribution in [-0.4, -0.2) is 45.0 Å². The molecule has 21 heavy (non-hydrogen) atoms. The van der Waals surface area contributed by atoms with Crippen LogP contribution in [0.15, 0.2) is 22.8 Å². The number of amides is 1. The van der Waals surface area contributed by atoms with Gasteiger partial charge in [-0.25, -0.2) is 0 Å². The lowest BCUT2D eigenvalue weighted by Gasteiger charge is -2.05. The van der Waals surface area contributed by atoms with Crippen molar-refractivity contribution in [1.29, 1.82) is 0 Å². The van der Waals surface area contributed by atoms with E-state index >= 15 is 0 Å². The zero-order valence-electron chi connectivity index (χ0n) is 10.8. The Kier molecular flexibility index (Phi) is 5.06. The lowest BCUT2D eigenvalue weighted by molar-refractivity contribution is -0.133. The molecular formula is C11H10N4O4S2. The summed E-state index contributed by atoms with van der Waals surface area (Å²) < 4.78 is 5.52. The van der Waals surface area contributed by atoms with E-state index in [1.807, 2.05) is 0 Å². The quantitative estimate of drug-likeness (QED) is 0.604. The molecule has 10 heteroatoms. The van der Waals surface area contributed by atoms with E-state index in [1.54, 1.807) is 0 Å². The Bertz CT molecular complexity index is 661. The first-order valence-corrected chi connectivity index (χ1v) is 7.38. The van der Waals surface area contributed by atoms with Crippen LogP contribution in [0.25, 0.3) is 0 Å². The Morgan fingerprint density at radius 3 is 3.00 bits per heavy atom. The second-order valence-corrected chi connectivity index (χ2v) is 5.79. The highest BCUT2D eigenvalue weighted by atomic mass is 32.2. The van der Waals surface area contributed by atoms with E-state index in [4.69, 9.17) is 9.84 Å².